The molecule has 0 heterocycles. The number of thiol groups is 1. The Kier molecular flexibility index (Phi) is 5.88. The standard InChI is InChI=1S/C11H17N2O2S/c1-2-3-7-10-13(12-16(14)15)11-8-5-4-6-9-11/h4-6,8,16H,2-3,7,10H2,1H3,(H,12,14,15). The smallest absolute Gasteiger partial charge is 0.218 e. The molecule has 0 aliphatic rings. The van der Waals surface area contributed by atoms with E-state index in [-0.39, 0.29) is 0 Å². The average Bonchev–Trinajstić information content (AvgIpc) is 2.29. The maximum atomic E-state index is 10.7. The van der Waals surface area contributed by atoms with Crippen LogP contribution in [-0.4, -0.2) is 15.0 Å². The zero-order valence-corrected chi connectivity index (χ0v) is 10.2. The fraction of sp³-hybridized carbons (Fsp3) is 0.455. The summed E-state index contributed by atoms with van der Waals surface area (Å²) in [4.78, 5) is 2.41. The first-order valence-corrected chi connectivity index (χ1v) is 6.56. The number of nitrogens with one attached hydrogen (secondary N) is 1. The van der Waals surface area contributed by atoms with Crippen LogP contribution in [0.1, 0.15) is 26.2 Å². The molecule has 1 rings (SSSR count). The molecule has 0 aliphatic heterocycles. The van der Waals surface area contributed by atoms with E-state index >= 15 is 0 Å². The van der Waals surface area contributed by atoms with Crippen molar-refractivity contribution in [1.82, 2.24) is 4.83 Å². The maximum absolute atomic E-state index is 10.7. The van der Waals surface area contributed by atoms with Crippen LogP contribution in [0.3, 0.4) is 0 Å². The van der Waals surface area contributed by atoms with Crippen molar-refractivity contribution in [2.45, 2.75) is 26.2 Å². The van der Waals surface area contributed by atoms with E-state index in [4.69, 9.17) is 0 Å². The molecule has 0 aliphatic carbocycles. The van der Waals surface area contributed by atoms with Crippen LogP contribution in [0.4, 0.5) is 5.69 Å². The number of rotatable bonds is 7. The first kappa shape index (κ1) is 13.0. The number of nitrogens with zero attached hydrogens (tertiary/aromatic N) is 1. The number of para-hydroxylation sites is 1. The lowest BCUT2D eigenvalue weighted by atomic mass is 10.2. The van der Waals surface area contributed by atoms with Crippen LogP contribution >= 0.6 is 0 Å². The van der Waals surface area contributed by atoms with E-state index in [2.05, 4.69) is 17.8 Å². The molecule has 1 aromatic carbocycles. The molecule has 0 atom stereocenters. The number of anilines is 1. The molecule has 0 aromatic heterocycles. The molecule has 0 amide bonds. The van der Waals surface area contributed by atoms with Gasteiger partial charge in [-0.2, -0.15) is 0 Å². The Labute approximate surface area is 98.3 Å². The van der Waals surface area contributed by atoms with Crippen LogP contribution in [0.5, 0.6) is 0 Å². The van der Waals surface area contributed by atoms with Gasteiger partial charge in [0.05, 0.1) is 5.69 Å². The van der Waals surface area contributed by atoms with E-state index in [0.717, 1.165) is 24.9 Å². The number of hydrogen-bond acceptors (Lipinski definition) is 3. The number of benzene rings is 1. The van der Waals surface area contributed by atoms with Gasteiger partial charge in [-0.15, -0.1) is 4.83 Å². The van der Waals surface area contributed by atoms with Gasteiger partial charge in [0.1, 0.15) is 0 Å². The third-order valence-electron chi connectivity index (χ3n) is 2.17. The maximum Gasteiger partial charge on any atom is 0.218 e. The van der Waals surface area contributed by atoms with Gasteiger partial charge in [0, 0.05) is 12.6 Å². The summed E-state index contributed by atoms with van der Waals surface area (Å²) in [5.74, 6) is 0. The predicted octanol–water partition coefficient (Wildman–Crippen LogP) is 1.51. The monoisotopic (exact) mass is 241 g/mol. The van der Waals surface area contributed by atoms with Crippen molar-refractivity contribution in [3.63, 3.8) is 0 Å². The van der Waals surface area contributed by atoms with Crippen molar-refractivity contribution in [1.29, 1.82) is 0 Å². The summed E-state index contributed by atoms with van der Waals surface area (Å²) in [5.41, 5.74) is 0.748. The molecule has 1 N–H and O–H groups in total. The summed E-state index contributed by atoms with van der Waals surface area (Å²) < 4.78 is 21.4. The zero-order chi connectivity index (χ0) is 11.8. The third kappa shape index (κ3) is 4.63. The molecule has 0 saturated heterocycles. The highest BCUT2D eigenvalue weighted by Gasteiger charge is 2.05. The molecule has 89 valence electrons. The summed E-state index contributed by atoms with van der Waals surface area (Å²) in [6, 6.07) is 10.3. The first-order chi connectivity index (χ1) is 7.74. The molecule has 0 unspecified atom stereocenters. The molecule has 1 radical (unpaired) electrons. The van der Waals surface area contributed by atoms with Gasteiger partial charge in [-0.05, 0) is 12.5 Å². The van der Waals surface area contributed by atoms with Crippen molar-refractivity contribution in [2.24, 2.45) is 0 Å². The minimum atomic E-state index is -2.63. The van der Waals surface area contributed by atoms with Gasteiger partial charge in [-0.3, -0.25) is 5.01 Å². The van der Waals surface area contributed by atoms with Gasteiger partial charge in [-0.25, -0.2) is 8.42 Å². The van der Waals surface area contributed by atoms with E-state index in [9.17, 15) is 8.42 Å². The molecule has 5 heteroatoms. The zero-order valence-electron chi connectivity index (χ0n) is 9.35. The summed E-state index contributed by atoms with van der Waals surface area (Å²) >= 11 is 0. The fourth-order valence-corrected chi connectivity index (χ4v) is 1.80. The van der Waals surface area contributed by atoms with Crippen molar-refractivity contribution in [3.05, 3.63) is 30.3 Å². The summed E-state index contributed by atoms with van der Waals surface area (Å²) in [6.45, 7) is 2.78. The second-order valence-electron chi connectivity index (χ2n) is 3.46. The highest BCUT2D eigenvalue weighted by atomic mass is 32.2. The largest absolute Gasteiger partial charge is 0.295 e. The van der Waals surface area contributed by atoms with Crippen molar-refractivity contribution >= 4 is 16.6 Å². The molecule has 16 heavy (non-hydrogen) atoms. The van der Waals surface area contributed by atoms with Crippen molar-refractivity contribution < 1.29 is 8.42 Å². The van der Waals surface area contributed by atoms with Gasteiger partial charge in [0.25, 0.3) is 0 Å². The topological polar surface area (TPSA) is 49.4 Å². The predicted molar refractivity (Wildman–Crippen MR) is 65.6 cm³/mol. The summed E-state index contributed by atoms with van der Waals surface area (Å²) in [6.07, 6.45) is 3.14. The minimum Gasteiger partial charge on any atom is -0.295 e. The highest BCUT2D eigenvalue weighted by molar-refractivity contribution is 7.70. The van der Waals surface area contributed by atoms with Gasteiger partial charge < -0.3 is 0 Å². The quantitative estimate of drug-likeness (QED) is 0.432. The summed E-state index contributed by atoms with van der Waals surface area (Å²) in [7, 11) is -2.63. The molecule has 4 nitrogen and oxygen atoms in total. The molecule has 0 saturated carbocycles. The second-order valence-corrected chi connectivity index (χ2v) is 4.18. The van der Waals surface area contributed by atoms with Crippen LogP contribution in [-0.2, 0) is 10.9 Å². The minimum absolute atomic E-state index is 0.664. The molecule has 0 spiro atoms. The Morgan fingerprint density at radius 1 is 1.38 bits per heavy atom. The van der Waals surface area contributed by atoms with E-state index in [1.54, 1.807) is 11.1 Å². The van der Waals surface area contributed by atoms with Crippen molar-refractivity contribution in [3.8, 4) is 0 Å². The van der Waals surface area contributed by atoms with Crippen LogP contribution < -0.4 is 9.84 Å². The molecule has 0 bridgehead atoms. The van der Waals surface area contributed by atoms with E-state index in [1.165, 1.54) is 0 Å². The normalized spacial score (nSPS) is 10.6. The third-order valence-corrected chi connectivity index (χ3v) is 2.58. The average molecular weight is 241 g/mol. The number of hydrogen-bond donors (Lipinski definition) is 2. The van der Waals surface area contributed by atoms with Crippen LogP contribution in [0.25, 0.3) is 0 Å². The van der Waals surface area contributed by atoms with Crippen molar-refractivity contribution in [2.75, 3.05) is 11.6 Å². The lowest BCUT2D eigenvalue weighted by Crippen LogP contribution is -2.37. The number of hydrazine groups is 1. The van der Waals surface area contributed by atoms with Gasteiger partial charge in [0.15, 0.2) is 0 Å². The highest BCUT2D eigenvalue weighted by Crippen LogP contribution is 2.11. The Balaban J connectivity index is 2.63. The van der Waals surface area contributed by atoms with Crippen LogP contribution in [0.15, 0.2) is 24.3 Å². The second kappa shape index (κ2) is 7.24. The fourth-order valence-electron chi connectivity index (χ4n) is 1.39. The first-order valence-electron chi connectivity index (χ1n) is 5.39. The lowest BCUT2D eigenvalue weighted by Gasteiger charge is -2.21. The van der Waals surface area contributed by atoms with Crippen LogP contribution in [0, 0.1) is 6.07 Å². The van der Waals surface area contributed by atoms with Gasteiger partial charge in [-0.1, -0.05) is 38.0 Å². The van der Waals surface area contributed by atoms with E-state index in [1.807, 2.05) is 18.2 Å². The van der Waals surface area contributed by atoms with E-state index in [0.29, 0.717) is 6.54 Å². The SMILES string of the molecule is CCCCCN(N[SH](=O)=O)c1[c]cccc1. The van der Waals surface area contributed by atoms with Gasteiger partial charge in [0.2, 0.25) is 10.9 Å². The van der Waals surface area contributed by atoms with Crippen LogP contribution in [0.2, 0.25) is 0 Å². The number of unbranched alkanes of at least 4 members (excludes halogenated alkanes) is 2. The van der Waals surface area contributed by atoms with Gasteiger partial charge >= 0.3 is 0 Å². The lowest BCUT2D eigenvalue weighted by molar-refractivity contribution is 0.589. The Bertz CT molecular complexity index is 358. The van der Waals surface area contributed by atoms with E-state index < -0.39 is 10.9 Å². The molecular weight excluding hydrogens is 224 g/mol. The molecular formula is C11H17N2O2S. The summed E-state index contributed by atoms with van der Waals surface area (Å²) in [5, 5.41) is 1.61. The Morgan fingerprint density at radius 3 is 2.75 bits per heavy atom. The Hall–Kier alpha value is -1.07. The Morgan fingerprint density at radius 2 is 2.19 bits per heavy atom. The molecule has 1 aromatic rings. The molecule has 0 fully saturated rings.